The molecule has 30 heavy (non-hydrogen) atoms. The quantitative estimate of drug-likeness (QED) is 0.743. The molecule has 0 radical (unpaired) electrons. The van der Waals surface area contributed by atoms with E-state index < -0.39 is 15.8 Å². The van der Waals surface area contributed by atoms with E-state index in [1.54, 1.807) is 43.3 Å². The number of halogens is 1. The molecular formula is C21H23FN4O3S. The second kappa shape index (κ2) is 8.81. The molecule has 0 N–H and O–H groups in total. The Balaban J connectivity index is 1.80. The monoisotopic (exact) mass is 430 g/mol. The molecule has 0 unspecified atom stereocenters. The Hall–Kier alpha value is -2.96. The maximum Gasteiger partial charge on any atom is 0.253 e. The largest absolute Gasteiger partial charge is 0.368 e. The first-order valence-corrected chi connectivity index (χ1v) is 10.9. The van der Waals surface area contributed by atoms with Crippen LogP contribution in [0.2, 0.25) is 0 Å². The molecule has 1 heterocycles. The zero-order valence-corrected chi connectivity index (χ0v) is 17.7. The fraction of sp³-hybridized carbons (Fsp3) is 0.333. The molecule has 0 aliphatic carbocycles. The van der Waals surface area contributed by atoms with Gasteiger partial charge in [0.15, 0.2) is 0 Å². The first kappa shape index (κ1) is 21.7. The van der Waals surface area contributed by atoms with Crippen LogP contribution in [0.25, 0.3) is 0 Å². The van der Waals surface area contributed by atoms with E-state index in [9.17, 15) is 22.9 Å². The van der Waals surface area contributed by atoms with Crippen molar-refractivity contribution < 1.29 is 17.6 Å². The first-order chi connectivity index (χ1) is 14.3. The fourth-order valence-corrected chi connectivity index (χ4v) is 5.06. The SMILES string of the molecule is CN(C)C(=O)c1ccc(N2CCCN(S(=O)(=O)c3ccccc3C#N)CC2)c(F)c1. The molecule has 1 aliphatic rings. The minimum absolute atomic E-state index is 0.0151. The zero-order valence-electron chi connectivity index (χ0n) is 16.9. The summed E-state index contributed by atoms with van der Waals surface area (Å²) in [6.45, 7) is 1.22. The lowest BCUT2D eigenvalue weighted by atomic mass is 10.1. The van der Waals surface area contributed by atoms with Gasteiger partial charge in [-0.25, -0.2) is 12.8 Å². The van der Waals surface area contributed by atoms with E-state index in [4.69, 9.17) is 0 Å². The van der Waals surface area contributed by atoms with Gasteiger partial charge in [0.05, 0.1) is 16.1 Å². The molecule has 0 atom stereocenters. The van der Waals surface area contributed by atoms with Gasteiger partial charge in [-0.15, -0.1) is 0 Å². The number of nitrogens with zero attached hydrogens (tertiary/aromatic N) is 4. The summed E-state index contributed by atoms with van der Waals surface area (Å²) in [7, 11) is -0.632. The highest BCUT2D eigenvalue weighted by Crippen LogP contribution is 2.25. The highest BCUT2D eigenvalue weighted by atomic mass is 32.2. The summed E-state index contributed by atoms with van der Waals surface area (Å²) in [5.41, 5.74) is 0.696. The van der Waals surface area contributed by atoms with Gasteiger partial charge in [-0.3, -0.25) is 4.79 Å². The number of hydrogen-bond donors (Lipinski definition) is 0. The summed E-state index contributed by atoms with van der Waals surface area (Å²) < 4.78 is 42.2. The van der Waals surface area contributed by atoms with Crippen molar-refractivity contribution in [1.29, 1.82) is 5.26 Å². The van der Waals surface area contributed by atoms with Gasteiger partial charge in [-0.2, -0.15) is 9.57 Å². The van der Waals surface area contributed by atoms with Crippen LogP contribution in [0.15, 0.2) is 47.4 Å². The zero-order chi connectivity index (χ0) is 21.9. The third-order valence-electron chi connectivity index (χ3n) is 5.02. The Bertz CT molecular complexity index is 1100. The predicted molar refractivity (Wildman–Crippen MR) is 111 cm³/mol. The Morgan fingerprint density at radius 1 is 1.10 bits per heavy atom. The maximum absolute atomic E-state index is 14.7. The maximum atomic E-state index is 14.7. The minimum Gasteiger partial charge on any atom is -0.368 e. The van der Waals surface area contributed by atoms with Gasteiger partial charge < -0.3 is 9.80 Å². The van der Waals surface area contributed by atoms with Gasteiger partial charge in [-0.05, 0) is 36.8 Å². The summed E-state index contributed by atoms with van der Waals surface area (Å²) in [6, 6.07) is 12.4. The summed E-state index contributed by atoms with van der Waals surface area (Å²) in [4.78, 5) is 15.2. The molecule has 9 heteroatoms. The number of carbonyl (C=O) groups excluding carboxylic acids is 1. The number of anilines is 1. The Labute approximate surface area is 176 Å². The molecule has 0 aromatic heterocycles. The number of carbonyl (C=O) groups is 1. The van der Waals surface area contributed by atoms with Gasteiger partial charge in [0, 0.05) is 45.8 Å². The van der Waals surface area contributed by atoms with Crippen LogP contribution >= 0.6 is 0 Å². The summed E-state index contributed by atoms with van der Waals surface area (Å²) in [5.74, 6) is -0.807. The molecule has 2 aromatic rings. The molecule has 7 nitrogen and oxygen atoms in total. The number of nitriles is 1. The van der Waals surface area contributed by atoms with E-state index >= 15 is 0 Å². The Kier molecular flexibility index (Phi) is 6.39. The molecule has 1 saturated heterocycles. The van der Waals surface area contributed by atoms with Crippen molar-refractivity contribution in [2.24, 2.45) is 0 Å². The molecule has 1 aliphatic heterocycles. The average Bonchev–Trinajstić information content (AvgIpc) is 2.99. The smallest absolute Gasteiger partial charge is 0.253 e. The molecule has 158 valence electrons. The standard InChI is InChI=1S/C21H23FN4O3S/c1-24(2)21(27)16-8-9-19(18(22)14-16)25-10-5-11-26(13-12-25)30(28,29)20-7-4-3-6-17(20)15-23/h3-4,6-9,14H,5,10-13H2,1-2H3. The van der Waals surface area contributed by atoms with Gasteiger partial charge in [0.1, 0.15) is 11.9 Å². The van der Waals surface area contributed by atoms with E-state index in [2.05, 4.69) is 0 Å². The van der Waals surface area contributed by atoms with Crippen molar-refractivity contribution in [2.45, 2.75) is 11.3 Å². The van der Waals surface area contributed by atoms with Crippen molar-refractivity contribution in [3.63, 3.8) is 0 Å². The van der Waals surface area contributed by atoms with Gasteiger partial charge in [0.2, 0.25) is 10.0 Å². The van der Waals surface area contributed by atoms with Crippen LogP contribution in [-0.4, -0.2) is 63.8 Å². The van der Waals surface area contributed by atoms with Crippen LogP contribution in [0.1, 0.15) is 22.3 Å². The number of rotatable bonds is 4. The van der Waals surface area contributed by atoms with Crippen LogP contribution in [-0.2, 0) is 10.0 Å². The third kappa shape index (κ3) is 4.30. The van der Waals surface area contributed by atoms with Crippen molar-refractivity contribution in [3.05, 3.63) is 59.4 Å². The number of sulfonamides is 1. The molecule has 0 bridgehead atoms. The van der Waals surface area contributed by atoms with E-state index in [1.165, 1.54) is 27.4 Å². The predicted octanol–water partition coefficient (Wildman–Crippen LogP) is 2.30. The molecular weight excluding hydrogens is 407 g/mol. The summed E-state index contributed by atoms with van der Waals surface area (Å²) in [6.07, 6.45) is 0.506. The Morgan fingerprint density at radius 2 is 1.83 bits per heavy atom. The second-order valence-corrected chi connectivity index (χ2v) is 9.12. The van der Waals surface area contributed by atoms with E-state index in [0.717, 1.165) is 0 Å². The number of benzene rings is 2. The fourth-order valence-electron chi connectivity index (χ4n) is 3.45. The van der Waals surface area contributed by atoms with Gasteiger partial charge in [0.25, 0.3) is 5.91 Å². The van der Waals surface area contributed by atoms with Gasteiger partial charge >= 0.3 is 0 Å². The van der Waals surface area contributed by atoms with Crippen molar-refractivity contribution in [3.8, 4) is 6.07 Å². The lowest BCUT2D eigenvalue weighted by Gasteiger charge is -2.24. The van der Waals surface area contributed by atoms with E-state index in [-0.39, 0.29) is 35.0 Å². The Morgan fingerprint density at radius 3 is 2.50 bits per heavy atom. The lowest BCUT2D eigenvalue weighted by molar-refractivity contribution is 0.0827. The highest BCUT2D eigenvalue weighted by molar-refractivity contribution is 7.89. The van der Waals surface area contributed by atoms with Crippen LogP contribution < -0.4 is 4.90 Å². The normalized spacial score (nSPS) is 15.3. The highest BCUT2D eigenvalue weighted by Gasteiger charge is 2.29. The van der Waals surface area contributed by atoms with Crippen molar-refractivity contribution in [2.75, 3.05) is 45.2 Å². The van der Waals surface area contributed by atoms with Crippen molar-refractivity contribution >= 4 is 21.6 Å². The molecule has 0 saturated carbocycles. The molecule has 1 fully saturated rings. The second-order valence-electron chi connectivity index (χ2n) is 7.22. The van der Waals surface area contributed by atoms with Crippen LogP contribution in [0.3, 0.4) is 0 Å². The number of hydrogen-bond acceptors (Lipinski definition) is 5. The van der Waals surface area contributed by atoms with Crippen molar-refractivity contribution in [1.82, 2.24) is 9.21 Å². The van der Waals surface area contributed by atoms with Crippen LogP contribution in [0.4, 0.5) is 10.1 Å². The topological polar surface area (TPSA) is 84.7 Å². The van der Waals surface area contributed by atoms with Crippen LogP contribution in [0.5, 0.6) is 0 Å². The molecule has 0 spiro atoms. The van der Waals surface area contributed by atoms with Gasteiger partial charge in [-0.1, -0.05) is 12.1 Å². The summed E-state index contributed by atoms with van der Waals surface area (Å²) in [5, 5.41) is 9.24. The van der Waals surface area contributed by atoms with E-state index in [0.29, 0.717) is 25.2 Å². The minimum atomic E-state index is -3.83. The van der Waals surface area contributed by atoms with Crippen LogP contribution in [0, 0.1) is 17.1 Å². The molecule has 3 rings (SSSR count). The first-order valence-electron chi connectivity index (χ1n) is 9.51. The molecule has 1 amide bonds. The van der Waals surface area contributed by atoms with E-state index in [1.807, 2.05) is 6.07 Å². The molecule has 2 aromatic carbocycles. The third-order valence-corrected chi connectivity index (χ3v) is 6.98. The summed E-state index contributed by atoms with van der Waals surface area (Å²) >= 11 is 0. The average molecular weight is 431 g/mol. The number of amides is 1. The lowest BCUT2D eigenvalue weighted by Crippen LogP contribution is -2.35.